The molecule has 0 amide bonds. The third-order valence-corrected chi connectivity index (χ3v) is 1.92. The average Bonchev–Trinajstić information content (AvgIpc) is 2.05. The highest BCUT2D eigenvalue weighted by molar-refractivity contribution is 6.41. The number of nitrogens with one attached hydrogen (secondary N) is 1. The molecule has 10 heavy (non-hydrogen) atoms. The number of aliphatic imine (C=N–C) groups is 1. The van der Waals surface area contributed by atoms with Crippen molar-refractivity contribution in [3.8, 4) is 0 Å². The second-order valence-electron chi connectivity index (χ2n) is 2.66. The molecule has 0 unspecified atom stereocenters. The van der Waals surface area contributed by atoms with Crippen molar-refractivity contribution < 1.29 is 4.99 Å². The third kappa shape index (κ3) is 0.897. The summed E-state index contributed by atoms with van der Waals surface area (Å²) < 4.78 is 0. The van der Waals surface area contributed by atoms with Crippen molar-refractivity contribution in [3.63, 3.8) is 0 Å². The highest BCUT2D eigenvalue weighted by atomic mass is 14.8. The van der Waals surface area contributed by atoms with Gasteiger partial charge in [0.1, 0.15) is 5.71 Å². The first-order valence-electron chi connectivity index (χ1n) is 3.78. The fourth-order valence-electron chi connectivity index (χ4n) is 1.38. The van der Waals surface area contributed by atoms with Gasteiger partial charge in [0.05, 0.1) is 0 Å². The van der Waals surface area contributed by atoms with Gasteiger partial charge in [0, 0.05) is 19.4 Å². The average molecular weight is 135 g/mol. The van der Waals surface area contributed by atoms with Gasteiger partial charge in [0.2, 0.25) is 5.71 Å². The molecule has 0 bridgehead atoms. The summed E-state index contributed by atoms with van der Waals surface area (Å²) in [5.41, 5.74) is 2.61. The SMILES string of the molecule is C1=C[NH+]=C2CCCN=C2C1. The zero-order chi connectivity index (χ0) is 6.81. The van der Waals surface area contributed by atoms with E-state index >= 15 is 0 Å². The maximum atomic E-state index is 4.42. The van der Waals surface area contributed by atoms with Crippen molar-refractivity contribution >= 4 is 11.4 Å². The third-order valence-electron chi connectivity index (χ3n) is 1.92. The second-order valence-corrected chi connectivity index (χ2v) is 2.66. The predicted octanol–water partition coefficient (Wildman–Crippen LogP) is -0.340. The Kier molecular flexibility index (Phi) is 1.38. The number of hydrogen-bond donors (Lipinski definition) is 1. The molecule has 0 atom stereocenters. The van der Waals surface area contributed by atoms with Crippen LogP contribution >= 0.6 is 0 Å². The van der Waals surface area contributed by atoms with Crippen LogP contribution in [0, 0.1) is 0 Å². The van der Waals surface area contributed by atoms with Gasteiger partial charge in [0.25, 0.3) is 0 Å². The Balaban J connectivity index is 2.32. The number of nitrogens with zero attached hydrogens (tertiary/aromatic N) is 1. The smallest absolute Gasteiger partial charge is 0.201 e. The van der Waals surface area contributed by atoms with Gasteiger partial charge in [0.15, 0.2) is 6.20 Å². The van der Waals surface area contributed by atoms with Crippen LogP contribution in [0.2, 0.25) is 0 Å². The summed E-state index contributed by atoms with van der Waals surface area (Å²) >= 11 is 0. The van der Waals surface area contributed by atoms with Gasteiger partial charge in [-0.1, -0.05) is 0 Å². The van der Waals surface area contributed by atoms with E-state index in [-0.39, 0.29) is 0 Å². The minimum absolute atomic E-state index is 1.02. The molecule has 52 valence electrons. The van der Waals surface area contributed by atoms with Crippen molar-refractivity contribution in [2.75, 3.05) is 6.54 Å². The monoisotopic (exact) mass is 135 g/mol. The largest absolute Gasteiger partial charge is 0.283 e. The maximum Gasteiger partial charge on any atom is 0.201 e. The van der Waals surface area contributed by atoms with E-state index in [1.54, 1.807) is 0 Å². The van der Waals surface area contributed by atoms with Crippen LogP contribution in [-0.2, 0) is 0 Å². The maximum absolute atomic E-state index is 4.42. The Labute approximate surface area is 60.4 Å². The summed E-state index contributed by atoms with van der Waals surface area (Å²) in [7, 11) is 0. The number of fused-ring (bicyclic) bond motifs is 1. The summed E-state index contributed by atoms with van der Waals surface area (Å²) in [6.45, 7) is 1.02. The van der Waals surface area contributed by atoms with Gasteiger partial charge in [-0.25, -0.2) is 4.99 Å². The summed E-state index contributed by atoms with van der Waals surface area (Å²) in [6.07, 6.45) is 7.55. The zero-order valence-corrected chi connectivity index (χ0v) is 5.93. The molecule has 0 saturated carbocycles. The van der Waals surface area contributed by atoms with E-state index in [0.717, 1.165) is 13.0 Å². The fourth-order valence-corrected chi connectivity index (χ4v) is 1.38. The molecule has 2 rings (SSSR count). The van der Waals surface area contributed by atoms with Crippen LogP contribution in [0.3, 0.4) is 0 Å². The van der Waals surface area contributed by atoms with E-state index in [4.69, 9.17) is 0 Å². The minimum Gasteiger partial charge on any atom is -0.283 e. The van der Waals surface area contributed by atoms with E-state index in [9.17, 15) is 0 Å². The predicted molar refractivity (Wildman–Crippen MR) is 41.3 cm³/mol. The zero-order valence-electron chi connectivity index (χ0n) is 5.93. The Hall–Kier alpha value is -0.920. The van der Waals surface area contributed by atoms with Gasteiger partial charge in [-0.2, -0.15) is 0 Å². The summed E-state index contributed by atoms with van der Waals surface area (Å²) in [4.78, 5) is 7.64. The van der Waals surface area contributed by atoms with Crippen LogP contribution in [-0.4, -0.2) is 18.0 Å². The standard InChI is InChI=1S/C8H10N2/c1-3-7-8(9-5-1)4-2-6-10-7/h1,5H,2-4,6H2/p+1. The Morgan fingerprint density at radius 2 is 2.50 bits per heavy atom. The van der Waals surface area contributed by atoms with Gasteiger partial charge in [-0.15, -0.1) is 0 Å². The molecule has 2 nitrogen and oxygen atoms in total. The summed E-state index contributed by atoms with van der Waals surface area (Å²) in [5.74, 6) is 0. The molecular weight excluding hydrogens is 124 g/mol. The molecule has 2 heteroatoms. The molecule has 1 N–H and O–H groups in total. The topological polar surface area (TPSA) is 26.3 Å². The van der Waals surface area contributed by atoms with Gasteiger partial charge >= 0.3 is 0 Å². The molecule has 0 fully saturated rings. The van der Waals surface area contributed by atoms with Gasteiger partial charge in [-0.3, -0.25) is 4.99 Å². The molecule has 0 aromatic carbocycles. The number of allylic oxidation sites excluding steroid dienone is 1. The first-order valence-corrected chi connectivity index (χ1v) is 3.78. The lowest BCUT2D eigenvalue weighted by Gasteiger charge is -2.09. The van der Waals surface area contributed by atoms with Crippen molar-refractivity contribution in [2.24, 2.45) is 4.99 Å². The normalized spacial score (nSPS) is 23.2. The summed E-state index contributed by atoms with van der Waals surface area (Å²) in [5, 5.41) is 0. The molecule has 0 aromatic rings. The number of hydrogen-bond acceptors (Lipinski definition) is 1. The highest BCUT2D eigenvalue weighted by Gasteiger charge is 2.18. The van der Waals surface area contributed by atoms with Crippen LogP contribution in [0.25, 0.3) is 0 Å². The number of rotatable bonds is 0. The lowest BCUT2D eigenvalue weighted by Crippen LogP contribution is -2.70. The van der Waals surface area contributed by atoms with Crippen LogP contribution in [0.1, 0.15) is 19.3 Å². The van der Waals surface area contributed by atoms with E-state index in [1.165, 1.54) is 24.3 Å². The van der Waals surface area contributed by atoms with Crippen LogP contribution in [0.15, 0.2) is 17.3 Å². The molecule has 2 aliphatic heterocycles. The molecular formula is C8H11N2+. The highest BCUT2D eigenvalue weighted by Crippen LogP contribution is 2.04. The van der Waals surface area contributed by atoms with E-state index in [1.807, 2.05) is 6.20 Å². The summed E-state index contributed by atoms with van der Waals surface area (Å²) in [6, 6.07) is 0. The van der Waals surface area contributed by atoms with E-state index in [2.05, 4.69) is 16.1 Å². The second kappa shape index (κ2) is 2.37. The quantitative estimate of drug-likeness (QED) is 0.470. The van der Waals surface area contributed by atoms with Crippen LogP contribution < -0.4 is 4.99 Å². The van der Waals surface area contributed by atoms with Crippen LogP contribution in [0.4, 0.5) is 0 Å². The van der Waals surface area contributed by atoms with Crippen molar-refractivity contribution in [3.05, 3.63) is 12.3 Å². The van der Waals surface area contributed by atoms with Crippen molar-refractivity contribution in [1.29, 1.82) is 0 Å². The van der Waals surface area contributed by atoms with Gasteiger partial charge in [-0.05, 0) is 12.5 Å². The van der Waals surface area contributed by atoms with Crippen molar-refractivity contribution in [2.45, 2.75) is 19.3 Å². The fraction of sp³-hybridized carbons (Fsp3) is 0.500. The van der Waals surface area contributed by atoms with Crippen LogP contribution in [0.5, 0.6) is 0 Å². The Bertz CT molecular complexity index is 223. The lowest BCUT2D eigenvalue weighted by atomic mass is 10.0. The molecule has 2 heterocycles. The lowest BCUT2D eigenvalue weighted by molar-refractivity contribution is -0.373. The Morgan fingerprint density at radius 3 is 3.40 bits per heavy atom. The molecule has 0 saturated heterocycles. The van der Waals surface area contributed by atoms with Gasteiger partial charge < -0.3 is 0 Å². The molecule has 0 aliphatic carbocycles. The van der Waals surface area contributed by atoms with E-state index < -0.39 is 0 Å². The van der Waals surface area contributed by atoms with Crippen molar-refractivity contribution in [1.82, 2.24) is 0 Å². The van der Waals surface area contributed by atoms with E-state index in [0.29, 0.717) is 0 Å². The molecule has 0 spiro atoms. The first-order chi connectivity index (χ1) is 4.97. The first kappa shape index (κ1) is 5.83. The molecule has 2 aliphatic rings. The Morgan fingerprint density at radius 1 is 1.50 bits per heavy atom. The molecule has 0 aromatic heterocycles. The minimum atomic E-state index is 1.02. The molecule has 0 radical (unpaired) electrons.